The zero-order chi connectivity index (χ0) is 21.2. The topological polar surface area (TPSA) is 72.9 Å². The van der Waals surface area contributed by atoms with Crippen molar-refractivity contribution in [2.45, 2.75) is 25.3 Å². The molecule has 1 fully saturated rings. The van der Waals surface area contributed by atoms with E-state index in [1.54, 1.807) is 0 Å². The molecule has 6 nitrogen and oxygen atoms in total. The average molecular weight is 458 g/mol. The van der Waals surface area contributed by atoms with Crippen molar-refractivity contribution in [2.24, 2.45) is 0 Å². The van der Waals surface area contributed by atoms with E-state index in [4.69, 9.17) is 32.7 Å². The van der Waals surface area contributed by atoms with Gasteiger partial charge >= 0.3 is 5.97 Å². The molecule has 3 rings (SSSR count). The number of halogens is 2. The quantitative estimate of drug-likeness (QED) is 0.634. The van der Waals surface area contributed by atoms with Crippen molar-refractivity contribution in [1.29, 1.82) is 0 Å². The van der Waals surface area contributed by atoms with E-state index in [9.17, 15) is 13.2 Å². The molecular formula is C20H21Cl2NO5S. The molecule has 0 bridgehead atoms. The molecule has 0 aromatic heterocycles. The van der Waals surface area contributed by atoms with Crippen LogP contribution in [0.1, 0.15) is 27.0 Å². The summed E-state index contributed by atoms with van der Waals surface area (Å²) in [5.74, 6) is -0.717. The van der Waals surface area contributed by atoms with Gasteiger partial charge in [0.15, 0.2) is 0 Å². The van der Waals surface area contributed by atoms with Crippen molar-refractivity contribution in [3.8, 4) is 0 Å². The maximum atomic E-state index is 12.9. The van der Waals surface area contributed by atoms with Gasteiger partial charge in [0.05, 0.1) is 28.8 Å². The van der Waals surface area contributed by atoms with Gasteiger partial charge in [-0.05, 0) is 37.1 Å². The fraction of sp³-hybridized carbons (Fsp3) is 0.350. The van der Waals surface area contributed by atoms with Gasteiger partial charge in [-0.2, -0.15) is 4.31 Å². The lowest BCUT2D eigenvalue weighted by atomic mass is 10.1. The van der Waals surface area contributed by atoms with Gasteiger partial charge in [-0.25, -0.2) is 13.2 Å². The van der Waals surface area contributed by atoms with E-state index in [1.807, 2.05) is 32.0 Å². The molecule has 0 aliphatic carbocycles. The van der Waals surface area contributed by atoms with Gasteiger partial charge in [0.25, 0.3) is 0 Å². The first-order chi connectivity index (χ1) is 13.7. The lowest BCUT2D eigenvalue weighted by Crippen LogP contribution is -2.40. The Morgan fingerprint density at radius 3 is 2.48 bits per heavy atom. The summed E-state index contributed by atoms with van der Waals surface area (Å²) in [7, 11) is -3.89. The maximum absolute atomic E-state index is 12.9. The van der Waals surface area contributed by atoms with Crippen LogP contribution in [-0.4, -0.2) is 45.0 Å². The number of morpholine rings is 1. The third-order valence-corrected chi connectivity index (χ3v) is 7.37. The molecule has 0 radical (unpaired) electrons. The second kappa shape index (κ2) is 9.02. The number of esters is 1. The highest BCUT2D eigenvalue weighted by Gasteiger charge is 2.30. The number of hydrogen-bond donors (Lipinski definition) is 0. The molecule has 1 aliphatic heterocycles. The summed E-state index contributed by atoms with van der Waals surface area (Å²) in [6.07, 6.45) is 0. The van der Waals surface area contributed by atoms with Crippen LogP contribution in [0.15, 0.2) is 35.2 Å². The van der Waals surface area contributed by atoms with Crippen molar-refractivity contribution < 1.29 is 22.7 Å². The van der Waals surface area contributed by atoms with Crippen LogP contribution in [0.25, 0.3) is 0 Å². The van der Waals surface area contributed by atoms with Crippen LogP contribution >= 0.6 is 23.2 Å². The first-order valence-corrected chi connectivity index (χ1v) is 11.2. The molecule has 2 aromatic carbocycles. The summed E-state index contributed by atoms with van der Waals surface area (Å²) in [5, 5.41) is -0.0190. The van der Waals surface area contributed by atoms with Gasteiger partial charge in [-0.1, -0.05) is 47.0 Å². The first-order valence-electron chi connectivity index (χ1n) is 9.00. The van der Waals surface area contributed by atoms with Gasteiger partial charge in [0.1, 0.15) is 11.5 Å². The van der Waals surface area contributed by atoms with Crippen LogP contribution in [-0.2, 0) is 26.1 Å². The van der Waals surface area contributed by atoms with Gasteiger partial charge < -0.3 is 9.47 Å². The Labute approximate surface area is 180 Å². The van der Waals surface area contributed by atoms with Crippen LogP contribution < -0.4 is 0 Å². The number of aryl methyl sites for hydroxylation is 2. The van der Waals surface area contributed by atoms with Crippen molar-refractivity contribution in [2.75, 3.05) is 26.3 Å². The molecule has 156 valence electrons. The highest BCUT2D eigenvalue weighted by Crippen LogP contribution is 2.31. The van der Waals surface area contributed by atoms with Crippen LogP contribution in [0.3, 0.4) is 0 Å². The number of nitrogens with zero attached hydrogens (tertiary/aromatic N) is 1. The Bertz CT molecular complexity index is 1030. The summed E-state index contributed by atoms with van der Waals surface area (Å²) >= 11 is 12.3. The summed E-state index contributed by atoms with van der Waals surface area (Å²) in [4.78, 5) is 12.4. The fourth-order valence-electron chi connectivity index (χ4n) is 2.99. The Kier molecular flexibility index (Phi) is 6.86. The number of carbonyl (C=O) groups excluding carboxylic acids is 1. The molecule has 2 aromatic rings. The zero-order valence-electron chi connectivity index (χ0n) is 16.1. The van der Waals surface area contributed by atoms with E-state index in [-0.39, 0.29) is 40.2 Å². The van der Waals surface area contributed by atoms with Crippen molar-refractivity contribution in [3.05, 3.63) is 62.6 Å². The van der Waals surface area contributed by atoms with Crippen molar-refractivity contribution in [3.63, 3.8) is 0 Å². The first kappa shape index (κ1) is 22.1. The Balaban J connectivity index is 1.86. The van der Waals surface area contributed by atoms with Crippen LogP contribution in [0.2, 0.25) is 10.0 Å². The monoisotopic (exact) mass is 457 g/mol. The Morgan fingerprint density at radius 2 is 1.79 bits per heavy atom. The molecule has 1 heterocycles. The second-order valence-corrected chi connectivity index (χ2v) is 9.51. The van der Waals surface area contributed by atoms with Gasteiger partial charge in [0.2, 0.25) is 10.0 Å². The number of carbonyl (C=O) groups is 1. The average Bonchev–Trinajstić information content (AvgIpc) is 2.69. The van der Waals surface area contributed by atoms with Crippen molar-refractivity contribution >= 4 is 39.2 Å². The van der Waals surface area contributed by atoms with Crippen molar-refractivity contribution in [1.82, 2.24) is 4.31 Å². The molecule has 0 spiro atoms. The van der Waals surface area contributed by atoms with Gasteiger partial charge in [-0.3, -0.25) is 0 Å². The highest BCUT2D eigenvalue weighted by atomic mass is 35.5. The standard InChI is InChI=1S/C20H21Cl2NO5S/c1-13-3-4-14(2)15(9-13)12-28-20(24)16-10-19(18(22)11-17(16)21)29(25,26)23-5-7-27-8-6-23/h3-4,9-11H,5-8,12H2,1-2H3. The van der Waals surface area contributed by atoms with Crippen LogP contribution in [0.5, 0.6) is 0 Å². The fourth-order valence-corrected chi connectivity index (χ4v) is 5.22. The summed E-state index contributed by atoms with van der Waals surface area (Å²) < 4.78 is 37.8. The lowest BCUT2D eigenvalue weighted by Gasteiger charge is -2.26. The van der Waals surface area contributed by atoms with Gasteiger partial charge in [-0.15, -0.1) is 0 Å². The molecule has 0 atom stereocenters. The smallest absolute Gasteiger partial charge is 0.340 e. The minimum Gasteiger partial charge on any atom is -0.457 e. The minimum atomic E-state index is -3.89. The largest absolute Gasteiger partial charge is 0.457 e. The minimum absolute atomic E-state index is 0.0295. The molecule has 0 saturated carbocycles. The molecule has 1 aliphatic rings. The summed E-state index contributed by atoms with van der Waals surface area (Å²) in [6, 6.07) is 8.28. The second-order valence-electron chi connectivity index (χ2n) is 6.79. The molecule has 0 unspecified atom stereocenters. The summed E-state index contributed by atoms with van der Waals surface area (Å²) in [5.41, 5.74) is 2.85. The van der Waals surface area contributed by atoms with E-state index >= 15 is 0 Å². The molecule has 0 N–H and O–H groups in total. The SMILES string of the molecule is Cc1ccc(C)c(COC(=O)c2cc(S(=O)(=O)N3CCOCC3)c(Cl)cc2Cl)c1. The Morgan fingerprint density at radius 1 is 1.10 bits per heavy atom. The summed E-state index contributed by atoms with van der Waals surface area (Å²) in [6.45, 7) is 4.96. The highest BCUT2D eigenvalue weighted by molar-refractivity contribution is 7.89. The molecule has 9 heteroatoms. The van der Waals surface area contributed by atoms with Crippen LogP contribution in [0, 0.1) is 13.8 Å². The predicted molar refractivity (Wildman–Crippen MR) is 111 cm³/mol. The number of sulfonamides is 1. The molecule has 29 heavy (non-hydrogen) atoms. The maximum Gasteiger partial charge on any atom is 0.340 e. The Hall–Kier alpha value is -1.64. The van der Waals surface area contributed by atoms with E-state index in [2.05, 4.69) is 0 Å². The van der Waals surface area contributed by atoms with Crippen LogP contribution in [0.4, 0.5) is 0 Å². The van der Waals surface area contributed by atoms with E-state index in [0.717, 1.165) is 16.7 Å². The number of ether oxygens (including phenoxy) is 2. The third-order valence-electron chi connectivity index (χ3n) is 4.69. The lowest BCUT2D eigenvalue weighted by molar-refractivity contribution is 0.0472. The molecular weight excluding hydrogens is 437 g/mol. The van der Waals surface area contributed by atoms with Gasteiger partial charge in [0, 0.05) is 13.1 Å². The number of rotatable bonds is 5. The van der Waals surface area contributed by atoms with E-state index in [0.29, 0.717) is 13.2 Å². The van der Waals surface area contributed by atoms with E-state index in [1.165, 1.54) is 16.4 Å². The molecule has 1 saturated heterocycles. The number of benzene rings is 2. The molecule has 0 amide bonds. The third kappa shape index (κ3) is 4.92. The predicted octanol–water partition coefficient (Wildman–Crippen LogP) is 3.99. The number of hydrogen-bond acceptors (Lipinski definition) is 5. The van der Waals surface area contributed by atoms with E-state index < -0.39 is 16.0 Å². The zero-order valence-corrected chi connectivity index (χ0v) is 18.4. The normalized spacial score (nSPS) is 15.3.